The molecule has 0 radical (unpaired) electrons. The van der Waals surface area contributed by atoms with Gasteiger partial charge in [0.1, 0.15) is 5.60 Å². The van der Waals surface area contributed by atoms with Gasteiger partial charge in [-0.1, -0.05) is 0 Å². The molecule has 0 fully saturated rings. The zero-order valence-electron chi connectivity index (χ0n) is 8.55. The molecule has 0 aliphatic carbocycles. The molecular formula is C10H15NO2. The number of aliphatic imine (C=N–C) groups is 1. The Morgan fingerprint density at radius 2 is 2.15 bits per heavy atom. The molecule has 0 atom stereocenters. The molecule has 0 unspecified atom stereocenters. The first-order chi connectivity index (χ1) is 5.96. The number of carbonyl (C=O) groups excluding carboxylic acids is 1. The van der Waals surface area contributed by atoms with Crippen molar-refractivity contribution in [2.24, 2.45) is 4.99 Å². The minimum Gasteiger partial charge on any atom is -0.456 e. The number of nitrogens with zero attached hydrogens (tertiary/aromatic N) is 1. The third kappa shape index (κ3) is 2.17. The highest BCUT2D eigenvalue weighted by molar-refractivity contribution is 5.90. The molecule has 0 amide bonds. The number of cyclic esters (lactones) is 1. The van der Waals surface area contributed by atoms with E-state index in [-0.39, 0.29) is 5.97 Å². The highest BCUT2D eigenvalue weighted by Crippen LogP contribution is 2.29. The lowest BCUT2D eigenvalue weighted by Gasteiger charge is -2.30. The van der Waals surface area contributed by atoms with Crippen LogP contribution in [0.5, 0.6) is 0 Å². The molecule has 13 heavy (non-hydrogen) atoms. The monoisotopic (exact) mass is 181 g/mol. The van der Waals surface area contributed by atoms with Crippen molar-refractivity contribution in [3.05, 3.63) is 11.3 Å². The molecule has 0 aromatic rings. The minimum absolute atomic E-state index is 0.253. The second-order valence-corrected chi connectivity index (χ2v) is 3.78. The van der Waals surface area contributed by atoms with Crippen LogP contribution < -0.4 is 0 Å². The fourth-order valence-corrected chi connectivity index (χ4v) is 1.32. The Hall–Kier alpha value is -1.12. The van der Waals surface area contributed by atoms with E-state index in [1.807, 2.05) is 20.8 Å². The van der Waals surface area contributed by atoms with Gasteiger partial charge in [-0.15, -0.1) is 0 Å². The number of hydrogen-bond acceptors (Lipinski definition) is 3. The molecule has 0 saturated carbocycles. The van der Waals surface area contributed by atoms with Crippen LogP contribution in [0.4, 0.5) is 0 Å². The van der Waals surface area contributed by atoms with Gasteiger partial charge in [0.05, 0.1) is 11.3 Å². The van der Waals surface area contributed by atoms with Crippen LogP contribution in [-0.2, 0) is 9.53 Å². The third-order valence-electron chi connectivity index (χ3n) is 1.99. The summed E-state index contributed by atoms with van der Waals surface area (Å²) < 4.78 is 5.19. The lowest BCUT2D eigenvalue weighted by molar-refractivity contribution is -0.153. The first-order valence-electron chi connectivity index (χ1n) is 4.38. The van der Waals surface area contributed by atoms with E-state index in [0.29, 0.717) is 12.0 Å². The van der Waals surface area contributed by atoms with Crippen molar-refractivity contribution in [3.8, 4) is 0 Å². The molecule has 0 aromatic carbocycles. The smallest absolute Gasteiger partial charge is 0.336 e. The van der Waals surface area contributed by atoms with Crippen LogP contribution in [0.25, 0.3) is 0 Å². The van der Waals surface area contributed by atoms with E-state index in [4.69, 9.17) is 4.74 Å². The summed E-state index contributed by atoms with van der Waals surface area (Å²) in [6.45, 7) is 7.37. The van der Waals surface area contributed by atoms with Gasteiger partial charge >= 0.3 is 5.97 Å². The highest BCUT2D eigenvalue weighted by Gasteiger charge is 2.31. The number of esters is 1. The number of ether oxygens (including phenoxy) is 1. The topological polar surface area (TPSA) is 38.7 Å². The Balaban J connectivity index is 3.02. The maximum atomic E-state index is 11.3. The Labute approximate surface area is 78.5 Å². The Morgan fingerprint density at radius 1 is 1.54 bits per heavy atom. The van der Waals surface area contributed by atoms with Gasteiger partial charge in [-0.2, -0.15) is 0 Å². The molecule has 0 saturated heterocycles. The van der Waals surface area contributed by atoms with Crippen LogP contribution >= 0.6 is 0 Å². The van der Waals surface area contributed by atoms with Gasteiger partial charge in [0.2, 0.25) is 0 Å². The van der Waals surface area contributed by atoms with Crippen molar-refractivity contribution in [1.29, 1.82) is 0 Å². The van der Waals surface area contributed by atoms with E-state index in [0.717, 1.165) is 5.70 Å². The average molecular weight is 181 g/mol. The number of hydrogen-bond donors (Lipinski definition) is 0. The summed E-state index contributed by atoms with van der Waals surface area (Å²) >= 11 is 0. The summed E-state index contributed by atoms with van der Waals surface area (Å²) in [5, 5.41) is 0. The lowest BCUT2D eigenvalue weighted by atomic mass is 9.97. The molecule has 1 aliphatic heterocycles. The summed E-state index contributed by atoms with van der Waals surface area (Å²) in [5.74, 6) is -0.253. The molecule has 0 aromatic heterocycles. The zero-order valence-corrected chi connectivity index (χ0v) is 8.55. The van der Waals surface area contributed by atoms with Crippen molar-refractivity contribution >= 4 is 12.2 Å². The molecule has 72 valence electrons. The molecule has 3 heteroatoms. The van der Waals surface area contributed by atoms with Crippen molar-refractivity contribution in [1.82, 2.24) is 0 Å². The lowest BCUT2D eigenvalue weighted by Crippen LogP contribution is -2.33. The molecule has 0 spiro atoms. The summed E-state index contributed by atoms with van der Waals surface area (Å²) in [6.07, 6.45) is 2.39. The zero-order chi connectivity index (χ0) is 10.1. The maximum Gasteiger partial charge on any atom is 0.336 e. The predicted octanol–water partition coefficient (Wildman–Crippen LogP) is 2.08. The molecule has 1 aliphatic rings. The third-order valence-corrected chi connectivity index (χ3v) is 1.99. The largest absolute Gasteiger partial charge is 0.456 e. The van der Waals surface area contributed by atoms with Gasteiger partial charge < -0.3 is 4.74 Å². The SMILES string of the molecule is CC=NC1=C(C)C(=O)OC(C)(C)C1. The number of carbonyl (C=O) groups is 1. The molecule has 3 nitrogen and oxygen atoms in total. The van der Waals surface area contributed by atoms with E-state index in [1.54, 1.807) is 13.1 Å². The summed E-state index contributed by atoms with van der Waals surface area (Å²) in [7, 11) is 0. The second-order valence-electron chi connectivity index (χ2n) is 3.78. The summed E-state index contributed by atoms with van der Waals surface area (Å²) in [5.41, 5.74) is 1.04. The standard InChI is InChI=1S/C10H15NO2/c1-5-11-8-6-10(3,4)13-9(12)7(8)2/h5H,6H2,1-4H3. The molecule has 0 N–H and O–H groups in total. The van der Waals surface area contributed by atoms with E-state index in [1.165, 1.54) is 0 Å². The molecule has 1 heterocycles. The van der Waals surface area contributed by atoms with Crippen LogP contribution in [0.15, 0.2) is 16.3 Å². The van der Waals surface area contributed by atoms with Crippen LogP contribution in [0, 0.1) is 0 Å². The predicted molar refractivity (Wildman–Crippen MR) is 51.7 cm³/mol. The van der Waals surface area contributed by atoms with Crippen molar-refractivity contribution in [2.45, 2.75) is 39.7 Å². The fraction of sp³-hybridized carbons (Fsp3) is 0.600. The van der Waals surface area contributed by atoms with Crippen molar-refractivity contribution < 1.29 is 9.53 Å². The fourth-order valence-electron chi connectivity index (χ4n) is 1.32. The molecular weight excluding hydrogens is 166 g/mol. The van der Waals surface area contributed by atoms with Gasteiger partial charge in [0.15, 0.2) is 0 Å². The van der Waals surface area contributed by atoms with Crippen molar-refractivity contribution in [3.63, 3.8) is 0 Å². The van der Waals surface area contributed by atoms with Gasteiger partial charge in [-0.3, -0.25) is 4.99 Å². The first-order valence-corrected chi connectivity index (χ1v) is 4.38. The Kier molecular flexibility index (Phi) is 2.55. The second kappa shape index (κ2) is 3.32. The normalized spacial score (nSPS) is 22.3. The summed E-state index contributed by atoms with van der Waals surface area (Å²) in [4.78, 5) is 15.5. The maximum absolute atomic E-state index is 11.3. The Morgan fingerprint density at radius 3 is 2.69 bits per heavy atom. The minimum atomic E-state index is -0.418. The molecule has 1 rings (SSSR count). The van der Waals surface area contributed by atoms with Crippen LogP contribution in [-0.4, -0.2) is 17.8 Å². The highest BCUT2D eigenvalue weighted by atomic mass is 16.6. The number of rotatable bonds is 1. The van der Waals surface area contributed by atoms with Crippen LogP contribution in [0.2, 0.25) is 0 Å². The van der Waals surface area contributed by atoms with Gasteiger partial charge in [-0.25, -0.2) is 4.79 Å². The van der Waals surface area contributed by atoms with E-state index in [9.17, 15) is 4.79 Å². The van der Waals surface area contributed by atoms with Crippen LogP contribution in [0.1, 0.15) is 34.1 Å². The quantitative estimate of drug-likeness (QED) is 0.459. The van der Waals surface area contributed by atoms with Gasteiger partial charge in [-0.05, 0) is 27.7 Å². The van der Waals surface area contributed by atoms with Gasteiger partial charge in [0, 0.05) is 12.6 Å². The average Bonchev–Trinajstić information content (AvgIpc) is 1.99. The first kappa shape index (κ1) is 9.96. The van der Waals surface area contributed by atoms with E-state index < -0.39 is 5.60 Å². The van der Waals surface area contributed by atoms with Crippen LogP contribution in [0.3, 0.4) is 0 Å². The van der Waals surface area contributed by atoms with Crippen molar-refractivity contribution in [2.75, 3.05) is 0 Å². The van der Waals surface area contributed by atoms with E-state index >= 15 is 0 Å². The Bertz CT molecular complexity index is 287. The van der Waals surface area contributed by atoms with E-state index in [2.05, 4.69) is 4.99 Å². The van der Waals surface area contributed by atoms with Gasteiger partial charge in [0.25, 0.3) is 0 Å². The molecule has 0 bridgehead atoms. The summed E-state index contributed by atoms with van der Waals surface area (Å²) in [6, 6.07) is 0.